The Hall–Kier alpha value is -2.14. The third kappa shape index (κ3) is 4.41. The molecule has 1 aliphatic rings. The first kappa shape index (κ1) is 19.6. The van der Waals surface area contributed by atoms with Gasteiger partial charge in [0.15, 0.2) is 0 Å². The number of benzene rings is 1. The summed E-state index contributed by atoms with van der Waals surface area (Å²) >= 11 is 0. The lowest BCUT2D eigenvalue weighted by atomic mass is 9.95. The molecule has 5 nitrogen and oxygen atoms in total. The van der Waals surface area contributed by atoms with Crippen LogP contribution < -0.4 is 9.80 Å². The van der Waals surface area contributed by atoms with Crippen LogP contribution in [0.1, 0.15) is 56.7 Å². The van der Waals surface area contributed by atoms with Gasteiger partial charge >= 0.3 is 0 Å². The molecule has 0 spiro atoms. The number of hydrogen-bond acceptors (Lipinski definition) is 5. The standard InChI is InChI=1S/C22H32N4O/c1-22(2,3)21-23-17(15-27-6)14-20(24-21)26-12-8-11-19(26)16-9-7-10-18(13-16)25(4)5/h7,9-10,13-14,19H,8,11-12,15H2,1-6H3. The Labute approximate surface area is 163 Å². The summed E-state index contributed by atoms with van der Waals surface area (Å²) in [5, 5.41) is 0. The Bertz CT molecular complexity index is 782. The summed E-state index contributed by atoms with van der Waals surface area (Å²) in [4.78, 5) is 14.3. The van der Waals surface area contributed by atoms with Gasteiger partial charge in [-0.25, -0.2) is 9.97 Å². The number of anilines is 2. The van der Waals surface area contributed by atoms with E-state index >= 15 is 0 Å². The van der Waals surface area contributed by atoms with E-state index in [2.05, 4.69) is 75.0 Å². The van der Waals surface area contributed by atoms with Crippen LogP contribution in [0.15, 0.2) is 30.3 Å². The van der Waals surface area contributed by atoms with Crippen molar-refractivity contribution in [1.29, 1.82) is 0 Å². The van der Waals surface area contributed by atoms with Crippen molar-refractivity contribution in [3.05, 3.63) is 47.4 Å². The second kappa shape index (κ2) is 7.85. The van der Waals surface area contributed by atoms with Gasteiger partial charge in [0.05, 0.1) is 18.3 Å². The molecule has 0 amide bonds. The van der Waals surface area contributed by atoms with Crippen LogP contribution in [0, 0.1) is 0 Å². The predicted octanol–water partition coefficient (Wildman–Crippen LogP) is 4.33. The van der Waals surface area contributed by atoms with E-state index < -0.39 is 0 Å². The first-order valence-electron chi connectivity index (χ1n) is 9.71. The van der Waals surface area contributed by atoms with E-state index in [1.54, 1.807) is 7.11 Å². The van der Waals surface area contributed by atoms with E-state index in [-0.39, 0.29) is 5.41 Å². The first-order valence-corrected chi connectivity index (χ1v) is 9.71. The molecule has 0 saturated carbocycles. The minimum Gasteiger partial charge on any atom is -0.378 e. The van der Waals surface area contributed by atoms with Gasteiger partial charge in [0.2, 0.25) is 0 Å². The highest BCUT2D eigenvalue weighted by atomic mass is 16.5. The van der Waals surface area contributed by atoms with Crippen molar-refractivity contribution < 1.29 is 4.74 Å². The molecule has 146 valence electrons. The van der Waals surface area contributed by atoms with E-state index in [1.807, 2.05) is 0 Å². The van der Waals surface area contributed by atoms with Crippen molar-refractivity contribution in [1.82, 2.24) is 9.97 Å². The molecule has 1 saturated heterocycles. The zero-order valence-corrected chi connectivity index (χ0v) is 17.5. The van der Waals surface area contributed by atoms with Gasteiger partial charge in [-0.15, -0.1) is 0 Å². The van der Waals surface area contributed by atoms with Crippen LogP contribution in [0.2, 0.25) is 0 Å². The SMILES string of the molecule is COCc1cc(N2CCCC2c2cccc(N(C)C)c2)nc(C(C)(C)C)n1. The summed E-state index contributed by atoms with van der Waals surface area (Å²) in [6.45, 7) is 8.00. The number of methoxy groups -OCH3 is 1. The number of nitrogens with zero attached hydrogens (tertiary/aromatic N) is 4. The van der Waals surface area contributed by atoms with Gasteiger partial charge in [-0.05, 0) is 30.5 Å². The average Bonchev–Trinajstić information content (AvgIpc) is 3.11. The van der Waals surface area contributed by atoms with E-state index in [0.29, 0.717) is 12.6 Å². The van der Waals surface area contributed by atoms with Crippen LogP contribution >= 0.6 is 0 Å². The number of ether oxygens (including phenoxy) is 1. The van der Waals surface area contributed by atoms with Crippen LogP contribution in [0.4, 0.5) is 11.5 Å². The lowest BCUT2D eigenvalue weighted by Crippen LogP contribution is -2.26. The summed E-state index contributed by atoms with van der Waals surface area (Å²) in [7, 11) is 5.88. The van der Waals surface area contributed by atoms with Gasteiger partial charge in [0, 0.05) is 44.9 Å². The van der Waals surface area contributed by atoms with Gasteiger partial charge < -0.3 is 14.5 Å². The van der Waals surface area contributed by atoms with E-state index in [1.165, 1.54) is 17.7 Å². The third-order valence-corrected chi connectivity index (χ3v) is 5.05. The second-order valence-corrected chi connectivity index (χ2v) is 8.56. The zero-order valence-electron chi connectivity index (χ0n) is 17.5. The maximum absolute atomic E-state index is 5.35. The number of rotatable bonds is 5. The van der Waals surface area contributed by atoms with Gasteiger partial charge in [-0.2, -0.15) is 0 Å². The smallest absolute Gasteiger partial charge is 0.136 e. The highest BCUT2D eigenvalue weighted by Crippen LogP contribution is 2.37. The molecule has 1 fully saturated rings. The van der Waals surface area contributed by atoms with E-state index in [4.69, 9.17) is 14.7 Å². The lowest BCUT2D eigenvalue weighted by molar-refractivity contribution is 0.181. The molecule has 1 aromatic carbocycles. The predicted molar refractivity (Wildman–Crippen MR) is 112 cm³/mol. The van der Waals surface area contributed by atoms with Gasteiger partial charge in [0.1, 0.15) is 11.6 Å². The summed E-state index contributed by atoms with van der Waals surface area (Å²) in [5.41, 5.74) is 3.43. The fraction of sp³-hybridized carbons (Fsp3) is 0.545. The normalized spacial score (nSPS) is 17.4. The number of aromatic nitrogens is 2. The topological polar surface area (TPSA) is 41.5 Å². The van der Waals surface area contributed by atoms with Crippen LogP contribution in [0.3, 0.4) is 0 Å². The molecular formula is C22H32N4O. The van der Waals surface area contributed by atoms with Crippen LogP contribution in [0.25, 0.3) is 0 Å². The van der Waals surface area contributed by atoms with E-state index in [0.717, 1.165) is 30.3 Å². The number of hydrogen-bond donors (Lipinski definition) is 0. The highest BCUT2D eigenvalue weighted by Gasteiger charge is 2.29. The first-order chi connectivity index (χ1) is 12.8. The minimum absolute atomic E-state index is 0.0986. The third-order valence-electron chi connectivity index (χ3n) is 5.05. The molecule has 1 atom stereocenters. The summed E-state index contributed by atoms with van der Waals surface area (Å²) < 4.78 is 5.35. The molecule has 0 aliphatic carbocycles. The largest absolute Gasteiger partial charge is 0.378 e. The zero-order chi connectivity index (χ0) is 19.6. The average molecular weight is 369 g/mol. The Balaban J connectivity index is 1.99. The van der Waals surface area contributed by atoms with Crippen molar-refractivity contribution in [2.24, 2.45) is 0 Å². The van der Waals surface area contributed by atoms with Crippen LogP contribution in [-0.2, 0) is 16.8 Å². The lowest BCUT2D eigenvalue weighted by Gasteiger charge is -2.29. The Morgan fingerprint density at radius 2 is 1.96 bits per heavy atom. The molecule has 2 heterocycles. The second-order valence-electron chi connectivity index (χ2n) is 8.56. The Morgan fingerprint density at radius 1 is 1.19 bits per heavy atom. The van der Waals surface area contributed by atoms with Gasteiger partial charge in [-0.3, -0.25) is 0 Å². The molecule has 1 unspecified atom stereocenters. The van der Waals surface area contributed by atoms with Crippen molar-refractivity contribution in [3.63, 3.8) is 0 Å². The maximum atomic E-state index is 5.35. The van der Waals surface area contributed by atoms with Gasteiger partial charge in [-0.1, -0.05) is 32.9 Å². The quantitative estimate of drug-likeness (QED) is 0.786. The molecule has 2 aromatic rings. The molecule has 0 bridgehead atoms. The molecule has 1 aromatic heterocycles. The molecular weight excluding hydrogens is 336 g/mol. The van der Waals surface area contributed by atoms with Gasteiger partial charge in [0.25, 0.3) is 0 Å². The molecule has 0 radical (unpaired) electrons. The van der Waals surface area contributed by atoms with Crippen LogP contribution in [0.5, 0.6) is 0 Å². The summed E-state index contributed by atoms with van der Waals surface area (Å²) in [6.07, 6.45) is 2.32. The molecule has 5 heteroatoms. The Morgan fingerprint density at radius 3 is 2.63 bits per heavy atom. The summed E-state index contributed by atoms with van der Waals surface area (Å²) in [5.74, 6) is 1.89. The maximum Gasteiger partial charge on any atom is 0.136 e. The highest BCUT2D eigenvalue weighted by molar-refractivity contribution is 5.51. The van der Waals surface area contributed by atoms with E-state index in [9.17, 15) is 0 Å². The monoisotopic (exact) mass is 368 g/mol. The van der Waals surface area contributed by atoms with Crippen molar-refractivity contribution >= 4 is 11.5 Å². The summed E-state index contributed by atoms with van der Waals surface area (Å²) in [6, 6.07) is 11.3. The fourth-order valence-corrected chi connectivity index (χ4v) is 3.59. The Kier molecular flexibility index (Phi) is 5.70. The molecule has 3 rings (SSSR count). The van der Waals surface area contributed by atoms with Crippen molar-refractivity contribution in [2.45, 2.75) is 51.7 Å². The van der Waals surface area contributed by atoms with Crippen molar-refractivity contribution in [2.75, 3.05) is 37.5 Å². The van der Waals surface area contributed by atoms with Crippen molar-refractivity contribution in [3.8, 4) is 0 Å². The molecule has 0 N–H and O–H groups in total. The fourth-order valence-electron chi connectivity index (χ4n) is 3.59. The minimum atomic E-state index is -0.0986. The molecule has 27 heavy (non-hydrogen) atoms. The van der Waals surface area contributed by atoms with Crippen LogP contribution in [-0.4, -0.2) is 37.7 Å². The molecule has 1 aliphatic heterocycles.